The van der Waals surface area contributed by atoms with E-state index in [1.807, 2.05) is 12.3 Å². The highest BCUT2D eigenvalue weighted by molar-refractivity contribution is 5.42. The molecule has 0 amide bonds. The lowest BCUT2D eigenvalue weighted by molar-refractivity contribution is 0.198. The molecule has 1 aromatic heterocycles. The number of benzene rings is 1. The van der Waals surface area contributed by atoms with Gasteiger partial charge in [-0.3, -0.25) is 14.9 Å². The van der Waals surface area contributed by atoms with E-state index >= 15 is 0 Å². The summed E-state index contributed by atoms with van der Waals surface area (Å²) in [5.74, 6) is 2.03. The van der Waals surface area contributed by atoms with Gasteiger partial charge in [0.25, 0.3) is 0 Å². The van der Waals surface area contributed by atoms with Gasteiger partial charge in [-0.1, -0.05) is 6.07 Å². The molecule has 23 heavy (non-hydrogen) atoms. The molecule has 122 valence electrons. The van der Waals surface area contributed by atoms with Crippen LogP contribution < -0.4 is 9.47 Å². The van der Waals surface area contributed by atoms with Crippen LogP contribution in [0.1, 0.15) is 30.0 Å². The standard InChI is InChI=1S/C18H23N3O2/c1-22-17-6-5-14(10-18(17)23-2)12-21-9-3-4-15(13-21)16-11-19-7-8-20-16/h5-8,10-11,15H,3-4,9,12-13H2,1-2H3/t15-/m1/s1. The normalized spacial score (nSPS) is 18.6. The summed E-state index contributed by atoms with van der Waals surface area (Å²) in [6.45, 7) is 3.05. The minimum Gasteiger partial charge on any atom is -0.493 e. The van der Waals surface area contributed by atoms with Crippen LogP contribution in [0.2, 0.25) is 0 Å². The first-order valence-corrected chi connectivity index (χ1v) is 7.99. The summed E-state index contributed by atoms with van der Waals surface area (Å²) in [5.41, 5.74) is 2.34. The second kappa shape index (κ2) is 7.42. The number of nitrogens with zero attached hydrogens (tertiary/aromatic N) is 3. The number of methoxy groups -OCH3 is 2. The van der Waals surface area contributed by atoms with E-state index in [9.17, 15) is 0 Å². The second-order valence-corrected chi connectivity index (χ2v) is 5.89. The molecular formula is C18H23N3O2. The summed E-state index contributed by atoms with van der Waals surface area (Å²) in [6.07, 6.45) is 7.77. The van der Waals surface area contributed by atoms with Crippen molar-refractivity contribution in [3.63, 3.8) is 0 Å². The first kappa shape index (κ1) is 15.7. The molecule has 0 unspecified atom stereocenters. The molecule has 1 aliphatic rings. The average molecular weight is 313 g/mol. The van der Waals surface area contributed by atoms with Crippen molar-refractivity contribution in [3.05, 3.63) is 48.0 Å². The highest BCUT2D eigenvalue weighted by Crippen LogP contribution is 2.30. The Morgan fingerprint density at radius 3 is 2.78 bits per heavy atom. The third-order valence-corrected chi connectivity index (χ3v) is 4.36. The Morgan fingerprint density at radius 2 is 2.04 bits per heavy atom. The fraction of sp³-hybridized carbons (Fsp3) is 0.444. The molecule has 5 nitrogen and oxygen atoms in total. The summed E-state index contributed by atoms with van der Waals surface area (Å²) in [6, 6.07) is 6.14. The maximum absolute atomic E-state index is 5.39. The summed E-state index contributed by atoms with van der Waals surface area (Å²) in [7, 11) is 3.33. The van der Waals surface area contributed by atoms with Gasteiger partial charge in [0, 0.05) is 37.6 Å². The number of ether oxygens (including phenoxy) is 2. The van der Waals surface area contributed by atoms with Crippen molar-refractivity contribution in [1.29, 1.82) is 0 Å². The molecule has 0 bridgehead atoms. The number of likely N-dealkylation sites (tertiary alicyclic amines) is 1. The lowest BCUT2D eigenvalue weighted by Crippen LogP contribution is -2.34. The number of rotatable bonds is 5. The van der Waals surface area contributed by atoms with Crippen molar-refractivity contribution in [2.75, 3.05) is 27.3 Å². The van der Waals surface area contributed by atoms with Crippen LogP contribution in [0.3, 0.4) is 0 Å². The third kappa shape index (κ3) is 3.79. The zero-order chi connectivity index (χ0) is 16.1. The number of hydrogen-bond acceptors (Lipinski definition) is 5. The molecule has 0 aliphatic carbocycles. The Kier molecular flexibility index (Phi) is 5.08. The van der Waals surface area contributed by atoms with Gasteiger partial charge in [0.15, 0.2) is 11.5 Å². The Bertz CT molecular complexity index is 633. The molecule has 1 atom stereocenters. The van der Waals surface area contributed by atoms with Crippen LogP contribution in [0, 0.1) is 0 Å². The van der Waals surface area contributed by atoms with Crippen LogP contribution in [0.25, 0.3) is 0 Å². The summed E-state index contributed by atoms with van der Waals surface area (Å²) in [5, 5.41) is 0. The van der Waals surface area contributed by atoms with Gasteiger partial charge in [-0.15, -0.1) is 0 Å². The number of aromatic nitrogens is 2. The van der Waals surface area contributed by atoms with E-state index in [1.54, 1.807) is 26.6 Å². The number of hydrogen-bond donors (Lipinski definition) is 0. The van der Waals surface area contributed by atoms with Gasteiger partial charge < -0.3 is 9.47 Å². The van der Waals surface area contributed by atoms with Gasteiger partial charge >= 0.3 is 0 Å². The fourth-order valence-electron chi connectivity index (χ4n) is 3.20. The monoisotopic (exact) mass is 313 g/mol. The smallest absolute Gasteiger partial charge is 0.161 e. The fourth-order valence-corrected chi connectivity index (χ4v) is 3.20. The maximum Gasteiger partial charge on any atom is 0.161 e. The maximum atomic E-state index is 5.39. The Hall–Kier alpha value is -2.14. The second-order valence-electron chi connectivity index (χ2n) is 5.89. The Labute approximate surface area is 137 Å². The van der Waals surface area contributed by atoms with E-state index in [0.717, 1.165) is 36.8 Å². The van der Waals surface area contributed by atoms with Gasteiger partial charge in [-0.25, -0.2) is 0 Å². The summed E-state index contributed by atoms with van der Waals surface area (Å²) in [4.78, 5) is 11.1. The molecule has 1 aliphatic heterocycles. The van der Waals surface area contributed by atoms with Crippen molar-refractivity contribution < 1.29 is 9.47 Å². The first-order chi connectivity index (χ1) is 11.3. The molecule has 1 saturated heterocycles. The van der Waals surface area contributed by atoms with Gasteiger partial charge in [0.1, 0.15) is 0 Å². The molecule has 0 radical (unpaired) electrons. The van der Waals surface area contributed by atoms with Crippen molar-refractivity contribution >= 4 is 0 Å². The van der Waals surface area contributed by atoms with Crippen molar-refractivity contribution in [1.82, 2.24) is 14.9 Å². The summed E-state index contributed by atoms with van der Waals surface area (Å²) < 4.78 is 10.7. The van der Waals surface area contributed by atoms with Crippen LogP contribution in [-0.2, 0) is 6.54 Å². The Morgan fingerprint density at radius 1 is 1.17 bits per heavy atom. The average Bonchev–Trinajstić information content (AvgIpc) is 2.62. The largest absolute Gasteiger partial charge is 0.493 e. The minimum atomic E-state index is 0.470. The predicted molar refractivity (Wildman–Crippen MR) is 88.8 cm³/mol. The van der Waals surface area contributed by atoms with Gasteiger partial charge in [0.05, 0.1) is 19.9 Å². The zero-order valence-electron chi connectivity index (χ0n) is 13.7. The van der Waals surface area contributed by atoms with Crippen molar-refractivity contribution in [2.45, 2.75) is 25.3 Å². The van der Waals surface area contributed by atoms with E-state index in [1.165, 1.54) is 18.4 Å². The van der Waals surface area contributed by atoms with E-state index in [2.05, 4.69) is 27.0 Å². The molecule has 0 N–H and O–H groups in total. The van der Waals surface area contributed by atoms with Gasteiger partial charge in [0.2, 0.25) is 0 Å². The van der Waals surface area contributed by atoms with Crippen LogP contribution in [0.15, 0.2) is 36.8 Å². The van der Waals surface area contributed by atoms with Crippen LogP contribution in [0.4, 0.5) is 0 Å². The van der Waals surface area contributed by atoms with E-state index < -0.39 is 0 Å². The minimum absolute atomic E-state index is 0.470. The summed E-state index contributed by atoms with van der Waals surface area (Å²) >= 11 is 0. The molecule has 0 spiro atoms. The topological polar surface area (TPSA) is 47.5 Å². The highest BCUT2D eigenvalue weighted by Gasteiger charge is 2.22. The van der Waals surface area contributed by atoms with E-state index in [0.29, 0.717) is 5.92 Å². The van der Waals surface area contributed by atoms with Crippen molar-refractivity contribution in [2.24, 2.45) is 0 Å². The molecule has 2 heterocycles. The molecule has 1 aromatic carbocycles. The van der Waals surface area contributed by atoms with Gasteiger partial charge in [-0.05, 0) is 37.1 Å². The molecular weight excluding hydrogens is 290 g/mol. The van der Waals surface area contributed by atoms with Crippen LogP contribution in [0.5, 0.6) is 11.5 Å². The Balaban J connectivity index is 1.68. The SMILES string of the molecule is COc1ccc(CN2CCC[C@@H](c3cnccn3)C2)cc1OC. The zero-order valence-corrected chi connectivity index (χ0v) is 13.7. The lowest BCUT2D eigenvalue weighted by Gasteiger charge is -2.32. The first-order valence-electron chi connectivity index (χ1n) is 7.99. The molecule has 3 rings (SSSR count). The predicted octanol–water partition coefficient (Wildman–Crippen LogP) is 2.87. The number of piperidine rings is 1. The molecule has 0 saturated carbocycles. The van der Waals surface area contributed by atoms with E-state index in [-0.39, 0.29) is 0 Å². The third-order valence-electron chi connectivity index (χ3n) is 4.36. The van der Waals surface area contributed by atoms with E-state index in [4.69, 9.17) is 9.47 Å². The van der Waals surface area contributed by atoms with Crippen molar-refractivity contribution in [3.8, 4) is 11.5 Å². The molecule has 1 fully saturated rings. The highest BCUT2D eigenvalue weighted by atomic mass is 16.5. The quantitative estimate of drug-likeness (QED) is 0.849. The van der Waals surface area contributed by atoms with Crippen LogP contribution in [-0.4, -0.2) is 42.2 Å². The molecule has 5 heteroatoms. The van der Waals surface area contributed by atoms with Gasteiger partial charge in [-0.2, -0.15) is 0 Å². The lowest BCUT2D eigenvalue weighted by atomic mass is 9.94. The van der Waals surface area contributed by atoms with Crippen LogP contribution >= 0.6 is 0 Å². The molecule has 2 aromatic rings.